The molecule has 1 aliphatic heterocycles. The molecule has 1 atom stereocenters. The number of halogens is 1. The topological polar surface area (TPSA) is 51.7 Å². The normalized spacial score (nSPS) is 15.8. The summed E-state index contributed by atoms with van der Waals surface area (Å²) >= 11 is 1.78. The Balaban J connectivity index is 1.74. The minimum atomic E-state index is -0.891. The predicted octanol–water partition coefficient (Wildman–Crippen LogP) is 8.89. The van der Waals surface area contributed by atoms with E-state index < -0.39 is 11.7 Å². The van der Waals surface area contributed by atoms with Crippen molar-refractivity contribution in [3.05, 3.63) is 76.9 Å². The zero-order valence-corrected chi connectivity index (χ0v) is 27.9. The number of aryl methyl sites for hydroxylation is 3. The second-order valence-corrected chi connectivity index (χ2v) is 14.4. The third kappa shape index (κ3) is 8.60. The molecule has 43 heavy (non-hydrogen) atoms. The summed E-state index contributed by atoms with van der Waals surface area (Å²) in [4.78, 5) is 22.1. The largest absolute Gasteiger partial charge is 0.464 e. The Kier molecular flexibility index (Phi) is 10.6. The number of anilines is 1. The van der Waals surface area contributed by atoms with Gasteiger partial charge in [0, 0.05) is 46.3 Å². The van der Waals surface area contributed by atoms with Crippen molar-refractivity contribution in [1.82, 2.24) is 4.98 Å². The molecule has 5 nitrogen and oxygen atoms in total. The number of aromatic nitrogens is 1. The van der Waals surface area contributed by atoms with Gasteiger partial charge in [0.1, 0.15) is 5.82 Å². The number of ether oxygens (including phenoxy) is 2. The van der Waals surface area contributed by atoms with Crippen molar-refractivity contribution in [1.29, 1.82) is 0 Å². The number of benzene rings is 2. The van der Waals surface area contributed by atoms with Gasteiger partial charge < -0.3 is 14.4 Å². The lowest BCUT2D eigenvalue weighted by molar-refractivity contribution is -0.166. The van der Waals surface area contributed by atoms with E-state index in [-0.39, 0.29) is 23.8 Å². The lowest BCUT2D eigenvalue weighted by Crippen LogP contribution is -2.39. The summed E-state index contributed by atoms with van der Waals surface area (Å²) in [6.45, 7) is 18.5. The minimum Gasteiger partial charge on any atom is -0.464 e. The molecule has 1 fully saturated rings. The standard InChI is InChI=1S/C36H47FN2O3S/c1-9-41-34(40)33(42-35(4,5)6)31-25(3)38-24(2)30(32(31)39-21-19-36(7,8)20-22-39)27-12-16-29(17-13-27)43-23-18-26-10-14-28(37)15-11-26/h10-17,33H,9,18-23H2,1-8H3/t33-/m0/s1. The zero-order valence-electron chi connectivity index (χ0n) is 27.1. The van der Waals surface area contributed by atoms with E-state index in [1.807, 2.05) is 46.8 Å². The fraction of sp³-hybridized carbons (Fsp3) is 0.500. The monoisotopic (exact) mass is 606 g/mol. The van der Waals surface area contributed by atoms with E-state index in [0.717, 1.165) is 77.4 Å². The van der Waals surface area contributed by atoms with Crippen LogP contribution in [0.3, 0.4) is 0 Å². The summed E-state index contributed by atoms with van der Waals surface area (Å²) in [5.74, 6) is 0.311. The molecule has 1 aliphatic rings. The Bertz CT molecular complexity index is 1390. The van der Waals surface area contributed by atoms with Gasteiger partial charge in [-0.3, -0.25) is 4.98 Å². The Hall–Kier alpha value is -2.90. The van der Waals surface area contributed by atoms with Crippen molar-refractivity contribution in [2.75, 3.05) is 30.3 Å². The van der Waals surface area contributed by atoms with E-state index in [0.29, 0.717) is 0 Å². The second-order valence-electron chi connectivity index (χ2n) is 13.2. The number of hydrogen-bond acceptors (Lipinski definition) is 6. The van der Waals surface area contributed by atoms with E-state index >= 15 is 0 Å². The van der Waals surface area contributed by atoms with E-state index in [9.17, 15) is 9.18 Å². The first-order chi connectivity index (χ1) is 20.3. The highest BCUT2D eigenvalue weighted by Crippen LogP contribution is 2.45. The number of hydrogen-bond donors (Lipinski definition) is 0. The second kappa shape index (κ2) is 13.8. The number of carbonyl (C=O) groups excluding carboxylic acids is 1. The molecule has 0 spiro atoms. The lowest BCUT2D eigenvalue weighted by atomic mass is 9.82. The highest BCUT2D eigenvalue weighted by molar-refractivity contribution is 7.99. The smallest absolute Gasteiger partial charge is 0.340 e. The summed E-state index contributed by atoms with van der Waals surface area (Å²) in [5, 5.41) is 0. The molecule has 232 valence electrons. The summed E-state index contributed by atoms with van der Waals surface area (Å²) in [6.07, 6.45) is 2.09. The first-order valence-corrected chi connectivity index (χ1v) is 16.3. The number of nitrogens with zero attached hydrogens (tertiary/aromatic N) is 2. The average Bonchev–Trinajstić information content (AvgIpc) is 2.93. The van der Waals surface area contributed by atoms with Gasteiger partial charge in [-0.2, -0.15) is 0 Å². The summed E-state index contributed by atoms with van der Waals surface area (Å²) in [5.41, 5.74) is 6.47. The lowest BCUT2D eigenvalue weighted by Gasteiger charge is -2.41. The fourth-order valence-electron chi connectivity index (χ4n) is 5.62. The van der Waals surface area contributed by atoms with Gasteiger partial charge in [0.25, 0.3) is 0 Å². The van der Waals surface area contributed by atoms with E-state index in [4.69, 9.17) is 14.5 Å². The Morgan fingerprint density at radius 1 is 1.02 bits per heavy atom. The Labute approximate surface area is 261 Å². The first-order valence-electron chi connectivity index (χ1n) is 15.4. The third-order valence-electron chi connectivity index (χ3n) is 7.96. The fourth-order valence-corrected chi connectivity index (χ4v) is 6.52. The molecule has 7 heteroatoms. The van der Waals surface area contributed by atoms with Crippen LogP contribution in [0.4, 0.5) is 10.1 Å². The molecule has 0 N–H and O–H groups in total. The van der Waals surface area contributed by atoms with Crippen LogP contribution in [0.15, 0.2) is 53.4 Å². The summed E-state index contributed by atoms with van der Waals surface area (Å²) in [7, 11) is 0. The molecule has 2 aromatic carbocycles. The van der Waals surface area contributed by atoms with Crippen LogP contribution in [0, 0.1) is 25.1 Å². The van der Waals surface area contributed by atoms with E-state index in [1.54, 1.807) is 11.8 Å². The summed E-state index contributed by atoms with van der Waals surface area (Å²) < 4.78 is 25.3. The highest BCUT2D eigenvalue weighted by Gasteiger charge is 2.37. The Morgan fingerprint density at radius 2 is 1.65 bits per heavy atom. The number of piperidine rings is 1. The molecule has 0 saturated carbocycles. The minimum absolute atomic E-state index is 0.206. The van der Waals surface area contributed by atoms with Gasteiger partial charge in [-0.15, -0.1) is 11.8 Å². The van der Waals surface area contributed by atoms with E-state index in [2.05, 4.69) is 49.9 Å². The van der Waals surface area contributed by atoms with Crippen LogP contribution in [0.5, 0.6) is 0 Å². The maximum atomic E-state index is 13.5. The zero-order chi connectivity index (χ0) is 31.4. The van der Waals surface area contributed by atoms with Crippen LogP contribution in [0.25, 0.3) is 11.1 Å². The molecule has 2 heterocycles. The van der Waals surface area contributed by atoms with Gasteiger partial charge in [0.05, 0.1) is 17.9 Å². The first kappa shape index (κ1) is 33.0. The molecule has 4 rings (SSSR count). The molecular formula is C36H47FN2O3S. The van der Waals surface area contributed by atoms with Crippen molar-refractivity contribution < 1.29 is 18.7 Å². The quantitative estimate of drug-likeness (QED) is 0.170. The van der Waals surface area contributed by atoms with Crippen LogP contribution in [-0.4, -0.2) is 42.0 Å². The van der Waals surface area contributed by atoms with Gasteiger partial charge in [-0.05, 0) is 102 Å². The highest BCUT2D eigenvalue weighted by atomic mass is 32.2. The molecule has 3 aromatic rings. The van der Waals surface area contributed by atoms with Crippen LogP contribution >= 0.6 is 11.8 Å². The van der Waals surface area contributed by atoms with Crippen LogP contribution in [0.2, 0.25) is 0 Å². The predicted molar refractivity (Wildman–Crippen MR) is 175 cm³/mol. The van der Waals surface area contributed by atoms with Crippen LogP contribution in [-0.2, 0) is 20.7 Å². The molecular weight excluding hydrogens is 559 g/mol. The third-order valence-corrected chi connectivity index (χ3v) is 8.98. The van der Waals surface area contributed by atoms with Crippen LogP contribution in [0.1, 0.15) is 83.0 Å². The van der Waals surface area contributed by atoms with Crippen molar-refractivity contribution in [3.8, 4) is 11.1 Å². The van der Waals surface area contributed by atoms with Crippen molar-refractivity contribution >= 4 is 23.4 Å². The number of esters is 1. The molecule has 1 saturated heterocycles. The SMILES string of the molecule is CCOC(=O)[C@@H](OC(C)(C)C)c1c(C)nc(C)c(-c2ccc(SCCc3ccc(F)cc3)cc2)c1N1CCC(C)(C)CC1. The maximum absolute atomic E-state index is 13.5. The molecule has 0 radical (unpaired) electrons. The Morgan fingerprint density at radius 3 is 2.23 bits per heavy atom. The van der Waals surface area contributed by atoms with Crippen molar-refractivity contribution in [3.63, 3.8) is 0 Å². The molecule has 1 aromatic heterocycles. The average molecular weight is 607 g/mol. The van der Waals surface area contributed by atoms with Gasteiger partial charge >= 0.3 is 5.97 Å². The molecule has 0 amide bonds. The van der Waals surface area contributed by atoms with Crippen molar-refractivity contribution in [2.45, 2.75) is 91.3 Å². The number of pyridine rings is 1. The van der Waals surface area contributed by atoms with E-state index in [1.165, 1.54) is 17.0 Å². The van der Waals surface area contributed by atoms with Gasteiger partial charge in [-0.25, -0.2) is 9.18 Å². The summed E-state index contributed by atoms with van der Waals surface area (Å²) in [6, 6.07) is 15.3. The number of thioether (sulfide) groups is 1. The molecule has 0 bridgehead atoms. The maximum Gasteiger partial charge on any atom is 0.340 e. The van der Waals surface area contributed by atoms with Crippen molar-refractivity contribution in [2.24, 2.45) is 5.41 Å². The van der Waals surface area contributed by atoms with Gasteiger partial charge in [-0.1, -0.05) is 38.1 Å². The van der Waals surface area contributed by atoms with Gasteiger partial charge in [0.2, 0.25) is 0 Å². The molecule has 0 aliphatic carbocycles. The molecule has 0 unspecified atom stereocenters. The number of rotatable bonds is 10. The van der Waals surface area contributed by atoms with Crippen LogP contribution < -0.4 is 4.90 Å². The van der Waals surface area contributed by atoms with Gasteiger partial charge in [0.15, 0.2) is 6.10 Å². The number of carbonyl (C=O) groups is 1.